The van der Waals surface area contributed by atoms with Gasteiger partial charge in [0.1, 0.15) is 31.9 Å². The lowest BCUT2D eigenvalue weighted by atomic mass is 10.00. The van der Waals surface area contributed by atoms with Gasteiger partial charge >= 0.3 is 5.97 Å². The van der Waals surface area contributed by atoms with E-state index in [0.29, 0.717) is 35.8 Å². The number of hydrogen-bond acceptors (Lipinski definition) is 7. The van der Waals surface area contributed by atoms with Crippen molar-refractivity contribution in [1.29, 1.82) is 0 Å². The second-order valence-electron chi connectivity index (χ2n) is 10.3. The number of fused-ring (bicyclic) bond motifs is 2. The van der Waals surface area contributed by atoms with Gasteiger partial charge in [-0.05, 0) is 41.3 Å². The third-order valence-corrected chi connectivity index (χ3v) is 7.40. The van der Waals surface area contributed by atoms with Crippen LogP contribution in [-0.4, -0.2) is 65.5 Å². The zero-order valence-electron chi connectivity index (χ0n) is 23.7. The SMILES string of the molecule is CC[C@@H](C(=O)NC(CC(=O)O)C(=O)COc1c(F)c(F)cc(F)c1F)N1Cc2ccc(-c3ccc4c(c3)OCCO4)cc2C1=O. The van der Waals surface area contributed by atoms with E-state index in [1.54, 1.807) is 31.2 Å². The highest BCUT2D eigenvalue weighted by molar-refractivity contribution is 6.03. The van der Waals surface area contributed by atoms with Gasteiger partial charge in [0.25, 0.3) is 5.91 Å². The number of ether oxygens (including phenoxy) is 3. The van der Waals surface area contributed by atoms with Crippen LogP contribution in [0.1, 0.15) is 35.7 Å². The number of amides is 2. The van der Waals surface area contributed by atoms with Gasteiger partial charge in [-0.2, -0.15) is 8.78 Å². The molecule has 0 spiro atoms. The molecule has 0 radical (unpaired) electrons. The number of ketones is 1. The van der Waals surface area contributed by atoms with Crippen molar-refractivity contribution in [3.63, 3.8) is 0 Å². The van der Waals surface area contributed by atoms with Gasteiger partial charge in [0.2, 0.25) is 17.5 Å². The average Bonchev–Trinajstić information content (AvgIpc) is 3.34. The standard InChI is InChI=1S/C31H26F4N2O8/c1-2-22(30(41)36-21(12-26(39)40)23(38)14-45-29-27(34)19(32)11-20(33)28(29)35)37-13-17-4-3-15(9-18(17)31(37)42)16-5-6-24-25(10-16)44-8-7-43-24/h3-6,9-11,21-22H,2,7-8,12-14H2,1H3,(H,36,41)(H,39,40)/t21?,22-/m0/s1. The normalized spacial score (nSPS) is 14.9. The molecule has 10 nitrogen and oxygen atoms in total. The maximum Gasteiger partial charge on any atom is 0.305 e. The fourth-order valence-corrected chi connectivity index (χ4v) is 5.13. The lowest BCUT2D eigenvalue weighted by Crippen LogP contribution is -2.52. The molecule has 0 aromatic heterocycles. The van der Waals surface area contributed by atoms with Gasteiger partial charge in [0.15, 0.2) is 34.7 Å². The molecule has 45 heavy (non-hydrogen) atoms. The molecule has 2 amide bonds. The molecule has 0 bridgehead atoms. The van der Waals surface area contributed by atoms with E-state index in [1.165, 1.54) is 4.90 Å². The van der Waals surface area contributed by atoms with Crippen LogP contribution in [0.3, 0.4) is 0 Å². The fraction of sp³-hybridized carbons (Fsp3) is 0.290. The van der Waals surface area contributed by atoms with Crippen molar-refractivity contribution in [3.8, 4) is 28.4 Å². The number of aliphatic carboxylic acids is 1. The Morgan fingerprint density at radius 1 is 0.956 bits per heavy atom. The number of halogens is 4. The summed E-state index contributed by atoms with van der Waals surface area (Å²) in [4.78, 5) is 52.3. The van der Waals surface area contributed by atoms with Crippen LogP contribution in [0.2, 0.25) is 0 Å². The molecule has 0 aliphatic carbocycles. The Morgan fingerprint density at radius 3 is 2.27 bits per heavy atom. The van der Waals surface area contributed by atoms with Gasteiger partial charge in [0, 0.05) is 18.2 Å². The Kier molecular flexibility index (Phi) is 8.93. The number of carboxylic acids is 1. The molecule has 2 aliphatic heterocycles. The highest BCUT2D eigenvalue weighted by Gasteiger charge is 2.37. The molecule has 1 unspecified atom stereocenters. The molecule has 2 atom stereocenters. The van der Waals surface area contributed by atoms with Crippen molar-refractivity contribution in [2.24, 2.45) is 0 Å². The molecule has 2 aliphatic rings. The van der Waals surface area contributed by atoms with Gasteiger partial charge in [-0.25, -0.2) is 8.78 Å². The Morgan fingerprint density at radius 2 is 1.60 bits per heavy atom. The van der Waals surface area contributed by atoms with Gasteiger partial charge < -0.3 is 29.5 Å². The van der Waals surface area contributed by atoms with E-state index in [2.05, 4.69) is 10.1 Å². The molecule has 14 heteroatoms. The summed E-state index contributed by atoms with van der Waals surface area (Å²) in [5, 5.41) is 11.6. The van der Waals surface area contributed by atoms with Crippen LogP contribution in [-0.2, 0) is 20.9 Å². The molecule has 3 aromatic carbocycles. The largest absolute Gasteiger partial charge is 0.486 e. The highest BCUT2D eigenvalue weighted by atomic mass is 19.2. The number of hydrogen-bond donors (Lipinski definition) is 2. The molecule has 0 fully saturated rings. The summed E-state index contributed by atoms with van der Waals surface area (Å²) in [7, 11) is 0. The van der Waals surface area contributed by atoms with E-state index >= 15 is 0 Å². The van der Waals surface area contributed by atoms with E-state index in [0.717, 1.165) is 11.1 Å². The Labute approximate surface area is 253 Å². The van der Waals surface area contributed by atoms with Gasteiger partial charge in [-0.3, -0.25) is 19.2 Å². The van der Waals surface area contributed by atoms with E-state index < -0.39 is 77.7 Å². The maximum absolute atomic E-state index is 13.9. The van der Waals surface area contributed by atoms with Crippen LogP contribution in [0.5, 0.6) is 17.2 Å². The van der Waals surface area contributed by atoms with E-state index in [4.69, 9.17) is 9.47 Å². The minimum atomic E-state index is -1.89. The molecule has 5 rings (SSSR count). The summed E-state index contributed by atoms with van der Waals surface area (Å²) in [5.41, 5.74) is 2.49. The Hall–Kier alpha value is -5.14. The van der Waals surface area contributed by atoms with E-state index in [1.807, 2.05) is 12.1 Å². The molecule has 0 saturated carbocycles. The minimum absolute atomic E-state index is 0.0468. The topological polar surface area (TPSA) is 131 Å². The number of carbonyl (C=O) groups excluding carboxylic acids is 3. The first-order valence-corrected chi connectivity index (χ1v) is 13.8. The lowest BCUT2D eigenvalue weighted by Gasteiger charge is -2.27. The van der Waals surface area contributed by atoms with Crippen LogP contribution in [0.4, 0.5) is 17.6 Å². The average molecular weight is 631 g/mol. The first kappa shape index (κ1) is 31.3. The smallest absolute Gasteiger partial charge is 0.305 e. The summed E-state index contributed by atoms with van der Waals surface area (Å²) in [6.45, 7) is 1.30. The quantitative estimate of drug-likeness (QED) is 0.240. The second kappa shape index (κ2) is 12.8. The van der Waals surface area contributed by atoms with Gasteiger partial charge in [-0.15, -0.1) is 0 Å². The maximum atomic E-state index is 13.9. The number of carbonyl (C=O) groups is 4. The van der Waals surface area contributed by atoms with Crippen LogP contribution in [0.25, 0.3) is 11.1 Å². The van der Waals surface area contributed by atoms with Crippen LogP contribution in [0, 0.1) is 23.3 Å². The second-order valence-corrected chi connectivity index (χ2v) is 10.3. The minimum Gasteiger partial charge on any atom is -0.486 e. The first-order valence-electron chi connectivity index (χ1n) is 13.8. The Balaban J connectivity index is 1.30. The molecular formula is C31H26F4N2O8. The van der Waals surface area contributed by atoms with Crippen LogP contribution in [0.15, 0.2) is 42.5 Å². The lowest BCUT2D eigenvalue weighted by molar-refractivity contribution is -0.141. The van der Waals surface area contributed by atoms with Crippen molar-refractivity contribution in [2.45, 2.75) is 38.4 Å². The summed E-state index contributed by atoms with van der Waals surface area (Å²) in [5.74, 6) is -11.6. The molecule has 3 aromatic rings. The van der Waals surface area contributed by atoms with Crippen LogP contribution < -0.4 is 19.5 Å². The third-order valence-electron chi connectivity index (χ3n) is 7.40. The fourth-order valence-electron chi connectivity index (χ4n) is 5.13. The predicted molar refractivity (Wildman–Crippen MR) is 148 cm³/mol. The van der Waals surface area contributed by atoms with Crippen LogP contribution >= 0.6 is 0 Å². The van der Waals surface area contributed by atoms with Crippen molar-refractivity contribution >= 4 is 23.6 Å². The number of carboxylic acid groups (broad SMARTS) is 1. The summed E-state index contributed by atoms with van der Waals surface area (Å²) >= 11 is 0. The summed E-state index contributed by atoms with van der Waals surface area (Å²) in [6.07, 6.45) is -0.857. The monoisotopic (exact) mass is 630 g/mol. The zero-order valence-corrected chi connectivity index (χ0v) is 23.7. The highest BCUT2D eigenvalue weighted by Crippen LogP contribution is 2.36. The number of nitrogens with zero attached hydrogens (tertiary/aromatic N) is 1. The van der Waals surface area contributed by atoms with Crippen molar-refractivity contribution in [3.05, 3.63) is 76.9 Å². The van der Waals surface area contributed by atoms with Crippen molar-refractivity contribution in [2.75, 3.05) is 19.8 Å². The number of benzene rings is 3. The van der Waals surface area contributed by atoms with Gasteiger partial charge in [-0.1, -0.05) is 25.1 Å². The molecule has 0 saturated heterocycles. The van der Waals surface area contributed by atoms with Crippen molar-refractivity contribution < 1.29 is 56.1 Å². The first-order chi connectivity index (χ1) is 21.5. The van der Waals surface area contributed by atoms with E-state index in [-0.39, 0.29) is 19.0 Å². The Bertz CT molecular complexity index is 1670. The van der Waals surface area contributed by atoms with Gasteiger partial charge in [0.05, 0.1) is 6.42 Å². The molecule has 2 N–H and O–H groups in total. The number of Topliss-reactive ketones (excluding diaryl/α,β-unsaturated/α-hetero) is 1. The molecular weight excluding hydrogens is 604 g/mol. The third kappa shape index (κ3) is 6.40. The molecule has 2 heterocycles. The zero-order chi connectivity index (χ0) is 32.4. The van der Waals surface area contributed by atoms with Crippen molar-refractivity contribution in [1.82, 2.24) is 10.2 Å². The van der Waals surface area contributed by atoms with E-state index in [9.17, 15) is 41.8 Å². The summed E-state index contributed by atoms with van der Waals surface area (Å²) in [6, 6.07) is 7.73. The number of nitrogens with one attached hydrogen (secondary N) is 1. The number of rotatable bonds is 11. The predicted octanol–water partition coefficient (Wildman–Crippen LogP) is 4.02. The molecule has 236 valence electrons. The summed E-state index contributed by atoms with van der Waals surface area (Å²) < 4.78 is 70.7.